The van der Waals surface area contributed by atoms with Gasteiger partial charge in [0.15, 0.2) is 0 Å². The molecule has 3 heterocycles. The number of carbonyl (C=O) groups excluding carboxylic acids is 1. The van der Waals surface area contributed by atoms with E-state index in [4.69, 9.17) is 4.52 Å². The van der Waals surface area contributed by atoms with Gasteiger partial charge < -0.3 is 9.42 Å². The second-order valence-electron chi connectivity index (χ2n) is 5.24. The van der Waals surface area contributed by atoms with E-state index in [0.29, 0.717) is 22.9 Å². The lowest BCUT2D eigenvalue weighted by molar-refractivity contribution is 0.0784. The molecule has 0 saturated carbocycles. The van der Waals surface area contributed by atoms with Crippen molar-refractivity contribution in [1.29, 1.82) is 0 Å². The van der Waals surface area contributed by atoms with Gasteiger partial charge in [0.2, 0.25) is 0 Å². The molecule has 0 aliphatic carbocycles. The van der Waals surface area contributed by atoms with E-state index in [1.165, 1.54) is 0 Å². The molecule has 1 atom stereocenters. The first-order valence-electron chi connectivity index (χ1n) is 6.75. The molecule has 1 aliphatic heterocycles. The Morgan fingerprint density at radius 1 is 1.55 bits per heavy atom. The fraction of sp³-hybridized carbons (Fsp3) is 0.500. The van der Waals surface area contributed by atoms with Crippen molar-refractivity contribution in [3.63, 3.8) is 0 Å². The number of aromatic nitrogens is 2. The van der Waals surface area contributed by atoms with Crippen LogP contribution in [0.1, 0.15) is 33.2 Å². The van der Waals surface area contributed by atoms with Crippen LogP contribution < -0.4 is 0 Å². The van der Waals surface area contributed by atoms with Gasteiger partial charge in [-0.05, 0) is 26.2 Å². The molecular weight excluding hydrogens is 274 g/mol. The fourth-order valence-electron chi connectivity index (χ4n) is 2.73. The summed E-state index contributed by atoms with van der Waals surface area (Å²) in [6, 6.07) is 0. The molecule has 6 heteroatoms. The number of thiazole rings is 1. The van der Waals surface area contributed by atoms with Crippen LogP contribution >= 0.6 is 11.3 Å². The molecule has 2 aromatic rings. The lowest BCUT2D eigenvalue weighted by Gasteiger charge is -2.16. The summed E-state index contributed by atoms with van der Waals surface area (Å²) in [4.78, 5) is 18.7. The van der Waals surface area contributed by atoms with E-state index in [2.05, 4.69) is 10.1 Å². The van der Waals surface area contributed by atoms with Crippen LogP contribution in [-0.4, -0.2) is 34.0 Å². The summed E-state index contributed by atoms with van der Waals surface area (Å²) >= 11 is 1.68. The van der Waals surface area contributed by atoms with E-state index in [1.54, 1.807) is 18.3 Å². The van der Waals surface area contributed by atoms with Crippen LogP contribution in [-0.2, 0) is 6.42 Å². The van der Waals surface area contributed by atoms with Crippen LogP contribution in [0.25, 0.3) is 0 Å². The van der Waals surface area contributed by atoms with Crippen molar-refractivity contribution in [2.45, 2.75) is 26.7 Å². The van der Waals surface area contributed by atoms with Crippen molar-refractivity contribution in [3.05, 3.63) is 33.6 Å². The van der Waals surface area contributed by atoms with Crippen molar-refractivity contribution in [2.24, 2.45) is 5.92 Å². The van der Waals surface area contributed by atoms with Gasteiger partial charge in [0, 0.05) is 31.1 Å². The number of amides is 1. The van der Waals surface area contributed by atoms with Crippen LogP contribution in [0.2, 0.25) is 0 Å². The Morgan fingerprint density at radius 2 is 2.40 bits per heavy atom. The first-order valence-corrected chi connectivity index (χ1v) is 7.63. The molecule has 1 fully saturated rings. The van der Waals surface area contributed by atoms with E-state index in [-0.39, 0.29) is 5.91 Å². The van der Waals surface area contributed by atoms with Crippen LogP contribution in [0.4, 0.5) is 0 Å². The highest BCUT2D eigenvalue weighted by Crippen LogP contribution is 2.24. The first-order chi connectivity index (χ1) is 9.65. The van der Waals surface area contributed by atoms with E-state index >= 15 is 0 Å². The molecule has 5 nitrogen and oxygen atoms in total. The third-order valence-electron chi connectivity index (χ3n) is 3.77. The molecule has 0 bridgehead atoms. The molecule has 3 rings (SSSR count). The molecule has 1 saturated heterocycles. The molecule has 20 heavy (non-hydrogen) atoms. The van der Waals surface area contributed by atoms with E-state index in [0.717, 1.165) is 30.9 Å². The largest absolute Gasteiger partial charge is 0.361 e. The maximum absolute atomic E-state index is 12.5. The van der Waals surface area contributed by atoms with Gasteiger partial charge in [-0.2, -0.15) is 0 Å². The maximum atomic E-state index is 12.5. The molecule has 0 radical (unpaired) electrons. The standard InChI is InChI=1S/C14H17N3O2S/c1-9-13(10(2)19-16-9)14(18)17-5-3-11(8-17)7-12-15-4-6-20-12/h4,6,11H,3,5,7-8H2,1-2H3/t11-/m1/s1. The molecule has 0 aromatic carbocycles. The smallest absolute Gasteiger partial charge is 0.259 e. The van der Waals surface area contributed by atoms with Gasteiger partial charge in [-0.25, -0.2) is 4.98 Å². The predicted molar refractivity (Wildman–Crippen MR) is 75.8 cm³/mol. The average molecular weight is 291 g/mol. The number of hydrogen-bond acceptors (Lipinski definition) is 5. The van der Waals surface area contributed by atoms with Crippen molar-refractivity contribution < 1.29 is 9.32 Å². The van der Waals surface area contributed by atoms with Crippen molar-refractivity contribution >= 4 is 17.2 Å². The Balaban J connectivity index is 1.66. The van der Waals surface area contributed by atoms with E-state index < -0.39 is 0 Å². The molecule has 106 valence electrons. The predicted octanol–water partition coefficient (Wildman–Crippen LogP) is 2.45. The topological polar surface area (TPSA) is 59.2 Å². The second kappa shape index (κ2) is 5.36. The van der Waals surface area contributed by atoms with Crippen molar-refractivity contribution in [3.8, 4) is 0 Å². The van der Waals surface area contributed by atoms with Gasteiger partial charge in [0.25, 0.3) is 5.91 Å². The zero-order chi connectivity index (χ0) is 14.1. The quantitative estimate of drug-likeness (QED) is 0.871. The second-order valence-corrected chi connectivity index (χ2v) is 6.21. The monoisotopic (exact) mass is 291 g/mol. The highest BCUT2D eigenvalue weighted by atomic mass is 32.1. The van der Waals surface area contributed by atoms with Crippen molar-refractivity contribution in [2.75, 3.05) is 13.1 Å². The van der Waals surface area contributed by atoms with Gasteiger partial charge in [-0.1, -0.05) is 5.16 Å². The summed E-state index contributed by atoms with van der Waals surface area (Å²) in [6.07, 6.45) is 3.83. The van der Waals surface area contributed by atoms with Gasteiger partial charge >= 0.3 is 0 Å². The number of hydrogen-bond donors (Lipinski definition) is 0. The van der Waals surface area contributed by atoms with Gasteiger partial charge in [0.1, 0.15) is 11.3 Å². The molecule has 0 N–H and O–H groups in total. The molecule has 0 unspecified atom stereocenters. The number of aryl methyl sites for hydroxylation is 2. The number of nitrogens with zero attached hydrogens (tertiary/aromatic N) is 3. The molecular formula is C14H17N3O2S. The Kier molecular flexibility index (Phi) is 3.56. The fourth-order valence-corrected chi connectivity index (χ4v) is 3.46. The minimum atomic E-state index is 0.0443. The molecule has 1 amide bonds. The summed E-state index contributed by atoms with van der Waals surface area (Å²) in [5.41, 5.74) is 1.30. The Hall–Kier alpha value is -1.69. The van der Waals surface area contributed by atoms with Gasteiger partial charge in [-0.3, -0.25) is 4.79 Å². The minimum Gasteiger partial charge on any atom is -0.361 e. The third kappa shape index (κ3) is 2.47. The van der Waals surface area contributed by atoms with E-state index in [1.807, 2.05) is 23.4 Å². The maximum Gasteiger partial charge on any atom is 0.259 e. The SMILES string of the molecule is Cc1noc(C)c1C(=O)N1CC[C@H](Cc2nccs2)C1. The van der Waals surface area contributed by atoms with Crippen molar-refractivity contribution in [1.82, 2.24) is 15.0 Å². The highest BCUT2D eigenvalue weighted by molar-refractivity contribution is 7.09. The summed E-state index contributed by atoms with van der Waals surface area (Å²) in [5.74, 6) is 1.16. The van der Waals surface area contributed by atoms with Crippen LogP contribution in [0.3, 0.4) is 0 Å². The highest BCUT2D eigenvalue weighted by Gasteiger charge is 2.30. The Bertz CT molecular complexity index is 586. The lowest BCUT2D eigenvalue weighted by Crippen LogP contribution is -2.29. The summed E-state index contributed by atoms with van der Waals surface area (Å²) < 4.78 is 5.08. The Morgan fingerprint density at radius 3 is 3.05 bits per heavy atom. The summed E-state index contributed by atoms with van der Waals surface area (Å²) in [5, 5.41) is 7.01. The third-order valence-corrected chi connectivity index (χ3v) is 4.57. The Labute approximate surface area is 121 Å². The minimum absolute atomic E-state index is 0.0443. The normalized spacial score (nSPS) is 18.7. The first kappa shape index (κ1) is 13.3. The number of carbonyl (C=O) groups is 1. The lowest BCUT2D eigenvalue weighted by atomic mass is 10.1. The molecule has 2 aromatic heterocycles. The zero-order valence-corrected chi connectivity index (χ0v) is 12.4. The van der Waals surface area contributed by atoms with Crippen LogP contribution in [0.15, 0.2) is 16.1 Å². The molecule has 0 spiro atoms. The average Bonchev–Trinajstić information content (AvgIpc) is 3.13. The van der Waals surface area contributed by atoms with E-state index in [9.17, 15) is 4.79 Å². The number of rotatable bonds is 3. The zero-order valence-electron chi connectivity index (χ0n) is 11.6. The summed E-state index contributed by atoms with van der Waals surface area (Å²) in [6.45, 7) is 5.20. The van der Waals surface area contributed by atoms with Crippen LogP contribution in [0, 0.1) is 19.8 Å². The van der Waals surface area contributed by atoms with Gasteiger partial charge in [-0.15, -0.1) is 11.3 Å². The van der Waals surface area contributed by atoms with Gasteiger partial charge in [0.05, 0.1) is 10.7 Å². The number of likely N-dealkylation sites (tertiary alicyclic amines) is 1. The summed E-state index contributed by atoms with van der Waals surface area (Å²) in [7, 11) is 0. The van der Waals surface area contributed by atoms with Crippen LogP contribution in [0.5, 0.6) is 0 Å². The molecule has 1 aliphatic rings.